The lowest BCUT2D eigenvalue weighted by molar-refractivity contribution is -0.119. The van der Waals surface area contributed by atoms with E-state index < -0.39 is 0 Å². The fourth-order valence-corrected chi connectivity index (χ4v) is 1.71. The van der Waals surface area contributed by atoms with E-state index in [1.165, 1.54) is 0 Å². The van der Waals surface area contributed by atoms with Crippen molar-refractivity contribution in [2.45, 2.75) is 26.7 Å². The Labute approximate surface area is 108 Å². The molecule has 0 bridgehead atoms. The summed E-state index contributed by atoms with van der Waals surface area (Å²) in [4.78, 5) is 11.5. The number of anilines is 1. The SMILES string of the molecule is CCCCNC(=O)CNc1ccc(C)cc1Cl. The summed E-state index contributed by atoms with van der Waals surface area (Å²) < 4.78 is 0. The Kier molecular flexibility index (Phi) is 5.84. The van der Waals surface area contributed by atoms with Gasteiger partial charge in [-0.25, -0.2) is 0 Å². The number of benzene rings is 1. The van der Waals surface area contributed by atoms with Crippen molar-refractivity contribution in [3.05, 3.63) is 28.8 Å². The third-order valence-corrected chi connectivity index (χ3v) is 2.73. The highest BCUT2D eigenvalue weighted by atomic mass is 35.5. The van der Waals surface area contributed by atoms with Crippen LogP contribution in [-0.4, -0.2) is 19.0 Å². The van der Waals surface area contributed by atoms with Gasteiger partial charge in [-0.05, 0) is 31.0 Å². The van der Waals surface area contributed by atoms with Crippen molar-refractivity contribution < 1.29 is 4.79 Å². The molecule has 1 aromatic rings. The summed E-state index contributed by atoms with van der Waals surface area (Å²) in [5.74, 6) is -0.00454. The number of carbonyl (C=O) groups excluding carboxylic acids is 1. The second-order valence-electron chi connectivity index (χ2n) is 4.04. The number of nitrogens with one attached hydrogen (secondary N) is 2. The molecule has 0 spiro atoms. The summed E-state index contributed by atoms with van der Waals surface area (Å²) in [7, 11) is 0. The van der Waals surface area contributed by atoms with Crippen LogP contribution in [0.4, 0.5) is 5.69 Å². The van der Waals surface area contributed by atoms with Gasteiger partial charge in [0.25, 0.3) is 0 Å². The number of hydrogen-bond acceptors (Lipinski definition) is 2. The van der Waals surface area contributed by atoms with Crippen LogP contribution in [0.3, 0.4) is 0 Å². The Bertz CT molecular complexity index is 380. The maximum Gasteiger partial charge on any atom is 0.239 e. The van der Waals surface area contributed by atoms with Crippen LogP contribution in [0.2, 0.25) is 5.02 Å². The van der Waals surface area contributed by atoms with Gasteiger partial charge in [0.2, 0.25) is 5.91 Å². The average molecular weight is 255 g/mol. The van der Waals surface area contributed by atoms with Crippen LogP contribution in [-0.2, 0) is 4.79 Å². The molecule has 0 aliphatic rings. The van der Waals surface area contributed by atoms with E-state index in [4.69, 9.17) is 11.6 Å². The zero-order chi connectivity index (χ0) is 12.7. The number of halogens is 1. The molecule has 1 rings (SSSR count). The Hall–Kier alpha value is -1.22. The monoisotopic (exact) mass is 254 g/mol. The van der Waals surface area contributed by atoms with Crippen LogP contribution in [0, 0.1) is 6.92 Å². The molecule has 0 unspecified atom stereocenters. The first-order chi connectivity index (χ1) is 8.13. The molecule has 0 fully saturated rings. The van der Waals surface area contributed by atoms with Gasteiger partial charge < -0.3 is 10.6 Å². The quantitative estimate of drug-likeness (QED) is 0.767. The highest BCUT2D eigenvalue weighted by Crippen LogP contribution is 2.22. The second kappa shape index (κ2) is 7.17. The van der Waals surface area contributed by atoms with Crippen LogP contribution >= 0.6 is 11.6 Å². The second-order valence-corrected chi connectivity index (χ2v) is 4.45. The molecule has 1 amide bonds. The molecule has 0 aliphatic carbocycles. The summed E-state index contributed by atoms with van der Waals surface area (Å²) in [6.07, 6.45) is 2.09. The van der Waals surface area contributed by atoms with Crippen LogP contribution < -0.4 is 10.6 Å². The fraction of sp³-hybridized carbons (Fsp3) is 0.462. The van der Waals surface area contributed by atoms with E-state index in [-0.39, 0.29) is 12.5 Å². The largest absolute Gasteiger partial charge is 0.375 e. The van der Waals surface area contributed by atoms with Crippen molar-refractivity contribution in [1.29, 1.82) is 0 Å². The molecule has 3 nitrogen and oxygen atoms in total. The van der Waals surface area contributed by atoms with Crippen molar-refractivity contribution in [3.8, 4) is 0 Å². The predicted octanol–water partition coefficient (Wildman–Crippen LogP) is 2.98. The maximum atomic E-state index is 11.5. The predicted molar refractivity (Wildman–Crippen MR) is 72.6 cm³/mol. The number of carbonyl (C=O) groups is 1. The van der Waals surface area contributed by atoms with Crippen molar-refractivity contribution in [3.63, 3.8) is 0 Å². The molecule has 94 valence electrons. The van der Waals surface area contributed by atoms with E-state index in [9.17, 15) is 4.79 Å². The summed E-state index contributed by atoms with van der Waals surface area (Å²) in [6, 6.07) is 5.72. The van der Waals surface area contributed by atoms with Gasteiger partial charge >= 0.3 is 0 Å². The third kappa shape index (κ3) is 5.09. The summed E-state index contributed by atoms with van der Waals surface area (Å²) in [5.41, 5.74) is 1.90. The number of aryl methyl sites for hydroxylation is 1. The Morgan fingerprint density at radius 1 is 1.41 bits per heavy atom. The van der Waals surface area contributed by atoms with Crippen molar-refractivity contribution in [2.75, 3.05) is 18.4 Å². The zero-order valence-corrected chi connectivity index (χ0v) is 11.1. The third-order valence-electron chi connectivity index (χ3n) is 2.42. The first kappa shape index (κ1) is 13.8. The molecule has 0 atom stereocenters. The van der Waals surface area contributed by atoms with Gasteiger partial charge in [-0.15, -0.1) is 0 Å². The van der Waals surface area contributed by atoms with Crippen molar-refractivity contribution in [1.82, 2.24) is 5.32 Å². The van der Waals surface area contributed by atoms with Crippen LogP contribution in [0.5, 0.6) is 0 Å². The van der Waals surface area contributed by atoms with Gasteiger partial charge in [-0.1, -0.05) is 31.0 Å². The zero-order valence-electron chi connectivity index (χ0n) is 10.3. The molecule has 0 heterocycles. The molecule has 0 saturated carbocycles. The lowest BCUT2D eigenvalue weighted by Gasteiger charge is -2.09. The minimum absolute atomic E-state index is 0.00454. The molecule has 0 saturated heterocycles. The van der Waals surface area contributed by atoms with E-state index in [0.29, 0.717) is 5.02 Å². The van der Waals surface area contributed by atoms with E-state index in [1.807, 2.05) is 25.1 Å². The van der Waals surface area contributed by atoms with Gasteiger partial charge in [0, 0.05) is 6.54 Å². The normalized spacial score (nSPS) is 10.1. The summed E-state index contributed by atoms with van der Waals surface area (Å²) in [5, 5.41) is 6.51. The van der Waals surface area contributed by atoms with Gasteiger partial charge in [-0.2, -0.15) is 0 Å². The van der Waals surface area contributed by atoms with Crippen molar-refractivity contribution in [2.24, 2.45) is 0 Å². The summed E-state index contributed by atoms with van der Waals surface area (Å²) >= 11 is 6.05. The smallest absolute Gasteiger partial charge is 0.239 e. The standard InChI is InChI=1S/C13H19ClN2O/c1-3-4-7-15-13(17)9-16-12-6-5-10(2)8-11(12)14/h5-6,8,16H,3-4,7,9H2,1-2H3,(H,15,17). The molecule has 2 N–H and O–H groups in total. The maximum absolute atomic E-state index is 11.5. The number of amides is 1. The Balaban J connectivity index is 2.37. The van der Waals surface area contributed by atoms with E-state index in [2.05, 4.69) is 17.6 Å². The average Bonchev–Trinajstić information content (AvgIpc) is 2.28. The first-order valence-electron chi connectivity index (χ1n) is 5.90. The number of hydrogen-bond donors (Lipinski definition) is 2. The first-order valence-corrected chi connectivity index (χ1v) is 6.28. The molecule has 17 heavy (non-hydrogen) atoms. The van der Waals surface area contributed by atoms with Gasteiger partial charge in [-0.3, -0.25) is 4.79 Å². The number of unbranched alkanes of at least 4 members (excludes halogenated alkanes) is 1. The molecule has 4 heteroatoms. The molecular formula is C13H19ClN2O. The highest BCUT2D eigenvalue weighted by molar-refractivity contribution is 6.33. The van der Waals surface area contributed by atoms with E-state index in [1.54, 1.807) is 0 Å². The van der Waals surface area contributed by atoms with Crippen molar-refractivity contribution >= 4 is 23.2 Å². The van der Waals surface area contributed by atoms with Gasteiger partial charge in [0.1, 0.15) is 0 Å². The lowest BCUT2D eigenvalue weighted by Crippen LogP contribution is -2.30. The molecule has 1 aromatic carbocycles. The lowest BCUT2D eigenvalue weighted by atomic mass is 10.2. The summed E-state index contributed by atoms with van der Waals surface area (Å²) in [6.45, 7) is 5.06. The Morgan fingerprint density at radius 3 is 2.82 bits per heavy atom. The molecular weight excluding hydrogens is 236 g/mol. The topological polar surface area (TPSA) is 41.1 Å². The molecule has 0 radical (unpaired) electrons. The minimum Gasteiger partial charge on any atom is -0.375 e. The molecule has 0 aliphatic heterocycles. The van der Waals surface area contributed by atoms with Gasteiger partial charge in [0.15, 0.2) is 0 Å². The minimum atomic E-state index is -0.00454. The van der Waals surface area contributed by atoms with Crippen LogP contribution in [0.1, 0.15) is 25.3 Å². The van der Waals surface area contributed by atoms with Gasteiger partial charge in [0.05, 0.1) is 17.3 Å². The van der Waals surface area contributed by atoms with Crippen LogP contribution in [0.25, 0.3) is 0 Å². The number of rotatable bonds is 6. The Morgan fingerprint density at radius 2 is 2.18 bits per heavy atom. The van der Waals surface area contributed by atoms with Crippen LogP contribution in [0.15, 0.2) is 18.2 Å². The van der Waals surface area contributed by atoms with E-state index in [0.717, 1.165) is 30.6 Å². The van der Waals surface area contributed by atoms with E-state index >= 15 is 0 Å². The fourth-order valence-electron chi connectivity index (χ4n) is 1.41. The molecule has 0 aromatic heterocycles. The highest BCUT2D eigenvalue weighted by Gasteiger charge is 2.03.